The van der Waals surface area contributed by atoms with Gasteiger partial charge in [-0.25, -0.2) is 0 Å². The summed E-state index contributed by atoms with van der Waals surface area (Å²) in [5.41, 5.74) is 0. The Morgan fingerprint density at radius 1 is 0.706 bits per heavy atom. The number of fused-ring (bicyclic) bond motifs is 12. The van der Waals surface area contributed by atoms with Gasteiger partial charge in [0, 0.05) is 5.25 Å². The second-order valence-corrected chi connectivity index (χ2v) is 8.75. The van der Waals surface area contributed by atoms with E-state index in [1.807, 2.05) is 0 Å². The van der Waals surface area contributed by atoms with E-state index < -0.39 is 0 Å². The van der Waals surface area contributed by atoms with Gasteiger partial charge in [0.1, 0.15) is 0 Å². The van der Waals surface area contributed by atoms with E-state index in [0.717, 1.165) is 52.6 Å². The molecule has 0 radical (unpaired) electrons. The lowest BCUT2D eigenvalue weighted by Crippen LogP contribution is -2.39. The third-order valence-corrected chi connectivity index (χ3v) is 8.22. The molecule has 0 heterocycles. The van der Waals surface area contributed by atoms with Crippen molar-refractivity contribution in [1.82, 2.24) is 0 Å². The summed E-state index contributed by atoms with van der Waals surface area (Å²) in [5, 5.41) is 0.776. The van der Waals surface area contributed by atoms with E-state index in [1.165, 1.54) is 12.3 Å². The summed E-state index contributed by atoms with van der Waals surface area (Å²) in [6.45, 7) is 2.50. The van der Waals surface area contributed by atoms with E-state index in [0.29, 0.717) is 0 Å². The lowest BCUT2D eigenvalue weighted by Gasteiger charge is -2.42. The van der Waals surface area contributed by atoms with Crippen LogP contribution in [0.1, 0.15) is 39.0 Å². The Kier molecular flexibility index (Phi) is 1.85. The van der Waals surface area contributed by atoms with Crippen molar-refractivity contribution in [2.45, 2.75) is 44.3 Å². The van der Waals surface area contributed by atoms with Gasteiger partial charge in [-0.1, -0.05) is 6.92 Å². The second kappa shape index (κ2) is 3.08. The number of rotatable bonds is 0. The molecule has 5 saturated carbocycles. The quantitative estimate of drug-likeness (QED) is 0.488. The molecule has 10 unspecified atom stereocenters. The van der Waals surface area contributed by atoms with Gasteiger partial charge in [-0.3, -0.25) is 0 Å². The fraction of sp³-hybridized carbons (Fsp3) is 1.00. The highest BCUT2D eigenvalue weighted by molar-refractivity contribution is 7.81. The minimum atomic E-state index is 0.776. The highest BCUT2D eigenvalue weighted by Crippen LogP contribution is 2.73. The molecule has 94 valence electrons. The molecule has 5 aliphatic rings. The largest absolute Gasteiger partial charge is 0.176 e. The molecule has 1 heteroatoms. The van der Waals surface area contributed by atoms with Gasteiger partial charge in [-0.05, 0) is 85.4 Å². The Labute approximate surface area is 110 Å². The van der Waals surface area contributed by atoms with Crippen LogP contribution in [0.25, 0.3) is 0 Å². The van der Waals surface area contributed by atoms with Gasteiger partial charge in [0.05, 0.1) is 0 Å². The highest BCUT2D eigenvalue weighted by Gasteiger charge is 2.67. The van der Waals surface area contributed by atoms with Crippen LogP contribution in [0.5, 0.6) is 0 Å². The average Bonchev–Trinajstić information content (AvgIpc) is 2.94. The SMILES string of the molecule is CC1CC2C(C1)C1CC2C2C3CC(S)C(C3)C12. The van der Waals surface area contributed by atoms with Crippen LogP contribution in [0.3, 0.4) is 0 Å². The van der Waals surface area contributed by atoms with Crippen molar-refractivity contribution in [2.24, 2.45) is 53.3 Å². The smallest absolute Gasteiger partial charge is 0.00507 e. The Morgan fingerprint density at radius 2 is 1.41 bits per heavy atom. The van der Waals surface area contributed by atoms with Crippen LogP contribution >= 0.6 is 12.6 Å². The van der Waals surface area contributed by atoms with Crippen LogP contribution in [0.15, 0.2) is 0 Å². The fourth-order valence-electron chi connectivity index (χ4n) is 7.56. The molecular formula is C16H24S. The van der Waals surface area contributed by atoms with Crippen LogP contribution in [-0.4, -0.2) is 5.25 Å². The number of thiol groups is 1. The molecule has 0 N–H and O–H groups in total. The first-order valence-corrected chi connectivity index (χ1v) is 8.43. The zero-order chi connectivity index (χ0) is 11.3. The third kappa shape index (κ3) is 1.06. The third-order valence-electron chi connectivity index (χ3n) is 7.63. The van der Waals surface area contributed by atoms with Gasteiger partial charge in [0.15, 0.2) is 0 Å². The van der Waals surface area contributed by atoms with Gasteiger partial charge in [-0.15, -0.1) is 0 Å². The first-order valence-electron chi connectivity index (χ1n) is 7.92. The standard InChI is InChI=1S/C16H24S/c1-7-2-9-10(3-7)12-6-11(9)15-8-4-13(16(12)15)14(17)5-8/h7-17H,2-6H2,1H3. The Bertz CT molecular complexity index is 365. The number of hydrogen-bond donors (Lipinski definition) is 1. The average molecular weight is 248 g/mol. The van der Waals surface area contributed by atoms with Crippen molar-refractivity contribution in [3.05, 3.63) is 0 Å². The molecule has 0 nitrogen and oxygen atoms in total. The summed E-state index contributed by atoms with van der Waals surface area (Å²) < 4.78 is 0. The molecule has 10 atom stereocenters. The van der Waals surface area contributed by atoms with E-state index in [9.17, 15) is 0 Å². The minimum Gasteiger partial charge on any atom is -0.176 e. The number of hydrogen-bond acceptors (Lipinski definition) is 1. The van der Waals surface area contributed by atoms with Gasteiger partial charge in [-0.2, -0.15) is 12.6 Å². The van der Waals surface area contributed by atoms with Gasteiger partial charge in [0.25, 0.3) is 0 Å². The van der Waals surface area contributed by atoms with Gasteiger partial charge in [0.2, 0.25) is 0 Å². The molecule has 0 aromatic rings. The summed E-state index contributed by atoms with van der Waals surface area (Å²) in [5.74, 6) is 10.1. The van der Waals surface area contributed by atoms with Crippen molar-refractivity contribution in [1.29, 1.82) is 0 Å². The molecule has 5 rings (SSSR count). The van der Waals surface area contributed by atoms with Crippen LogP contribution < -0.4 is 0 Å². The molecule has 0 spiro atoms. The minimum absolute atomic E-state index is 0.776. The van der Waals surface area contributed by atoms with E-state index >= 15 is 0 Å². The highest BCUT2D eigenvalue weighted by atomic mass is 32.1. The molecule has 17 heavy (non-hydrogen) atoms. The van der Waals surface area contributed by atoms with Crippen LogP contribution in [-0.2, 0) is 0 Å². The van der Waals surface area contributed by atoms with Crippen LogP contribution in [0, 0.1) is 53.3 Å². The lowest BCUT2D eigenvalue weighted by atomic mass is 9.64. The zero-order valence-corrected chi connectivity index (χ0v) is 11.7. The molecule has 0 aromatic carbocycles. The maximum atomic E-state index is 4.89. The zero-order valence-electron chi connectivity index (χ0n) is 10.8. The van der Waals surface area contributed by atoms with Crippen LogP contribution in [0.4, 0.5) is 0 Å². The Hall–Kier alpha value is 0.350. The summed E-state index contributed by atoms with van der Waals surface area (Å²) in [6.07, 6.45) is 7.81. The van der Waals surface area contributed by atoms with E-state index in [2.05, 4.69) is 6.92 Å². The summed E-state index contributed by atoms with van der Waals surface area (Å²) >= 11 is 4.89. The predicted octanol–water partition coefficient (Wildman–Crippen LogP) is 3.87. The molecule has 0 aliphatic heterocycles. The maximum Gasteiger partial charge on any atom is 0.00507 e. The van der Waals surface area contributed by atoms with E-state index in [-0.39, 0.29) is 0 Å². The summed E-state index contributed by atoms with van der Waals surface area (Å²) in [6, 6.07) is 0. The maximum absolute atomic E-state index is 4.89. The van der Waals surface area contributed by atoms with Gasteiger partial charge < -0.3 is 0 Å². The normalized spacial score (nSPS) is 70.9. The molecule has 4 bridgehead atoms. The van der Waals surface area contributed by atoms with Crippen molar-refractivity contribution in [2.75, 3.05) is 0 Å². The molecule has 0 aromatic heterocycles. The molecule has 0 amide bonds. The first kappa shape index (κ1) is 10.2. The molecule has 5 fully saturated rings. The van der Waals surface area contributed by atoms with Crippen LogP contribution in [0.2, 0.25) is 0 Å². The first-order chi connectivity index (χ1) is 8.24. The van der Waals surface area contributed by atoms with Crippen molar-refractivity contribution >= 4 is 12.6 Å². The second-order valence-electron chi connectivity index (χ2n) is 8.09. The lowest BCUT2D eigenvalue weighted by molar-refractivity contribution is 0.0743. The topological polar surface area (TPSA) is 0 Å². The molecule has 0 saturated heterocycles. The fourth-order valence-corrected chi connectivity index (χ4v) is 8.15. The van der Waals surface area contributed by atoms with Crippen molar-refractivity contribution in [3.8, 4) is 0 Å². The van der Waals surface area contributed by atoms with Gasteiger partial charge >= 0.3 is 0 Å². The summed E-state index contributed by atoms with van der Waals surface area (Å²) in [7, 11) is 0. The summed E-state index contributed by atoms with van der Waals surface area (Å²) in [4.78, 5) is 0. The van der Waals surface area contributed by atoms with E-state index in [1.54, 1.807) is 25.7 Å². The Balaban J connectivity index is 1.53. The van der Waals surface area contributed by atoms with Crippen molar-refractivity contribution < 1.29 is 0 Å². The monoisotopic (exact) mass is 248 g/mol. The van der Waals surface area contributed by atoms with Crippen molar-refractivity contribution in [3.63, 3.8) is 0 Å². The Morgan fingerprint density at radius 3 is 2.18 bits per heavy atom. The van der Waals surface area contributed by atoms with E-state index in [4.69, 9.17) is 12.6 Å². The molecule has 5 aliphatic carbocycles. The predicted molar refractivity (Wildman–Crippen MR) is 72.9 cm³/mol. The molecular weight excluding hydrogens is 224 g/mol.